The molecule has 0 aliphatic heterocycles. The van der Waals surface area contributed by atoms with Crippen LogP contribution in [0.25, 0.3) is 6.08 Å². The first kappa shape index (κ1) is 18.9. The first-order chi connectivity index (χ1) is 13.7. The average Bonchev–Trinajstić information content (AvgIpc) is 2.77. The monoisotopic (exact) mass is 369 g/mol. The molecule has 4 nitrogen and oxygen atoms in total. The van der Waals surface area contributed by atoms with E-state index in [9.17, 15) is 10.1 Å². The van der Waals surface area contributed by atoms with Gasteiger partial charge in [-0.3, -0.25) is 4.79 Å². The third-order valence-electron chi connectivity index (χ3n) is 4.16. The number of ketones is 1. The van der Waals surface area contributed by atoms with Gasteiger partial charge in [-0.2, -0.15) is 5.26 Å². The van der Waals surface area contributed by atoms with Crippen molar-refractivity contribution in [3.8, 4) is 17.6 Å². The van der Waals surface area contributed by atoms with Gasteiger partial charge in [-0.15, -0.1) is 0 Å². The Morgan fingerprint density at radius 2 is 1.57 bits per heavy atom. The molecule has 3 rings (SSSR count). The van der Waals surface area contributed by atoms with Gasteiger partial charge in [-0.25, -0.2) is 0 Å². The number of benzene rings is 3. The first-order valence-electron chi connectivity index (χ1n) is 8.77. The van der Waals surface area contributed by atoms with Gasteiger partial charge < -0.3 is 9.47 Å². The van der Waals surface area contributed by atoms with Gasteiger partial charge in [0.15, 0.2) is 0 Å². The predicted molar refractivity (Wildman–Crippen MR) is 108 cm³/mol. The van der Waals surface area contributed by atoms with E-state index in [4.69, 9.17) is 9.47 Å². The van der Waals surface area contributed by atoms with E-state index >= 15 is 0 Å². The standard InChI is InChI=1S/C24H19NO3/c1-27-22-13-9-20(10-14-22)24(26)21(16-25)15-18-7-11-23(12-8-18)28-17-19-5-3-2-4-6-19/h2-15H,17H2,1H3/b21-15+. The van der Waals surface area contributed by atoms with Crippen LogP contribution in [0.4, 0.5) is 0 Å². The Morgan fingerprint density at radius 3 is 2.18 bits per heavy atom. The molecule has 4 heteroatoms. The summed E-state index contributed by atoms with van der Waals surface area (Å²) < 4.78 is 10.8. The predicted octanol–water partition coefficient (Wildman–Crippen LogP) is 5.06. The van der Waals surface area contributed by atoms with Crippen molar-refractivity contribution in [2.75, 3.05) is 7.11 Å². The fourth-order valence-corrected chi connectivity index (χ4v) is 2.61. The maximum Gasteiger partial charge on any atom is 0.203 e. The van der Waals surface area contributed by atoms with Crippen molar-refractivity contribution in [1.82, 2.24) is 0 Å². The number of methoxy groups -OCH3 is 1. The van der Waals surface area contributed by atoms with E-state index in [1.807, 2.05) is 60.7 Å². The molecule has 0 unspecified atom stereocenters. The molecule has 3 aromatic carbocycles. The zero-order chi connectivity index (χ0) is 19.8. The smallest absolute Gasteiger partial charge is 0.203 e. The number of Topliss-reactive ketones (excluding diaryl/α,β-unsaturated/α-hetero) is 1. The lowest BCUT2D eigenvalue weighted by Crippen LogP contribution is -2.02. The third kappa shape index (κ3) is 4.87. The maximum atomic E-state index is 12.5. The number of rotatable bonds is 7. The topological polar surface area (TPSA) is 59.3 Å². The lowest BCUT2D eigenvalue weighted by molar-refractivity contribution is 0.104. The molecule has 138 valence electrons. The van der Waals surface area contributed by atoms with Crippen molar-refractivity contribution in [3.05, 3.63) is 101 Å². The average molecular weight is 369 g/mol. The molecule has 0 heterocycles. The Hall–Kier alpha value is -3.84. The van der Waals surface area contributed by atoms with Crippen LogP contribution in [0.15, 0.2) is 84.4 Å². The Morgan fingerprint density at radius 1 is 0.929 bits per heavy atom. The van der Waals surface area contributed by atoms with Crippen LogP contribution in [0.1, 0.15) is 21.5 Å². The second-order valence-electron chi connectivity index (χ2n) is 6.07. The number of nitriles is 1. The molecule has 0 radical (unpaired) electrons. The van der Waals surface area contributed by atoms with E-state index in [1.165, 1.54) is 0 Å². The molecule has 0 N–H and O–H groups in total. The minimum Gasteiger partial charge on any atom is -0.497 e. The summed E-state index contributed by atoms with van der Waals surface area (Å²) in [4.78, 5) is 12.5. The zero-order valence-electron chi connectivity index (χ0n) is 15.5. The highest BCUT2D eigenvalue weighted by molar-refractivity contribution is 6.14. The third-order valence-corrected chi connectivity index (χ3v) is 4.16. The van der Waals surface area contributed by atoms with Gasteiger partial charge in [0.1, 0.15) is 29.7 Å². The van der Waals surface area contributed by atoms with Gasteiger partial charge in [0.05, 0.1) is 7.11 Å². The van der Waals surface area contributed by atoms with E-state index in [0.29, 0.717) is 17.9 Å². The van der Waals surface area contributed by atoms with Crippen molar-refractivity contribution in [1.29, 1.82) is 5.26 Å². The summed E-state index contributed by atoms with van der Waals surface area (Å²) in [6, 6.07) is 25.9. The molecule has 0 saturated heterocycles. The second kappa shape index (κ2) is 9.20. The lowest BCUT2D eigenvalue weighted by atomic mass is 10.0. The number of carbonyl (C=O) groups is 1. The van der Waals surface area contributed by atoms with Crippen molar-refractivity contribution < 1.29 is 14.3 Å². The van der Waals surface area contributed by atoms with Crippen molar-refractivity contribution >= 4 is 11.9 Å². The molecule has 0 aliphatic rings. The fraction of sp³-hybridized carbons (Fsp3) is 0.0833. The van der Waals surface area contributed by atoms with Gasteiger partial charge in [-0.1, -0.05) is 42.5 Å². The molecule has 0 atom stereocenters. The highest BCUT2D eigenvalue weighted by atomic mass is 16.5. The number of hydrogen-bond donors (Lipinski definition) is 0. The molecule has 3 aromatic rings. The molecule has 0 spiro atoms. The summed E-state index contributed by atoms with van der Waals surface area (Å²) in [7, 11) is 1.56. The molecule has 0 bridgehead atoms. The fourth-order valence-electron chi connectivity index (χ4n) is 2.61. The van der Waals surface area contributed by atoms with Crippen LogP contribution >= 0.6 is 0 Å². The highest BCUT2D eigenvalue weighted by Crippen LogP contribution is 2.19. The van der Waals surface area contributed by atoms with Crippen LogP contribution in [0.2, 0.25) is 0 Å². The first-order valence-corrected chi connectivity index (χ1v) is 8.77. The van der Waals surface area contributed by atoms with E-state index in [1.54, 1.807) is 37.5 Å². The second-order valence-corrected chi connectivity index (χ2v) is 6.07. The minimum absolute atomic E-state index is 0.0723. The molecule has 0 aromatic heterocycles. The normalized spacial score (nSPS) is 10.8. The maximum absolute atomic E-state index is 12.5. The molecule has 0 aliphatic carbocycles. The van der Waals surface area contributed by atoms with Gasteiger partial charge in [0.25, 0.3) is 0 Å². The van der Waals surface area contributed by atoms with Crippen LogP contribution in [-0.2, 0) is 6.61 Å². The largest absolute Gasteiger partial charge is 0.497 e. The quantitative estimate of drug-likeness (QED) is 0.332. The van der Waals surface area contributed by atoms with Crippen LogP contribution in [-0.4, -0.2) is 12.9 Å². The molecule has 0 amide bonds. The molecular weight excluding hydrogens is 350 g/mol. The van der Waals surface area contributed by atoms with Gasteiger partial charge in [-0.05, 0) is 53.6 Å². The van der Waals surface area contributed by atoms with Crippen LogP contribution < -0.4 is 9.47 Å². The number of ether oxygens (including phenoxy) is 2. The summed E-state index contributed by atoms with van der Waals surface area (Å²) in [5.41, 5.74) is 2.35. The molecule has 0 fully saturated rings. The SMILES string of the molecule is COc1ccc(C(=O)/C(C#N)=C/c2ccc(OCc3ccccc3)cc2)cc1. The van der Waals surface area contributed by atoms with E-state index < -0.39 is 0 Å². The van der Waals surface area contributed by atoms with Crippen LogP contribution in [0, 0.1) is 11.3 Å². The van der Waals surface area contributed by atoms with Gasteiger partial charge >= 0.3 is 0 Å². The van der Waals surface area contributed by atoms with Crippen molar-refractivity contribution in [3.63, 3.8) is 0 Å². The molecular formula is C24H19NO3. The Balaban J connectivity index is 1.69. The van der Waals surface area contributed by atoms with Crippen LogP contribution in [0.5, 0.6) is 11.5 Å². The van der Waals surface area contributed by atoms with Crippen molar-refractivity contribution in [2.24, 2.45) is 0 Å². The van der Waals surface area contributed by atoms with Crippen molar-refractivity contribution in [2.45, 2.75) is 6.61 Å². The minimum atomic E-state index is -0.324. The van der Waals surface area contributed by atoms with Crippen LogP contribution in [0.3, 0.4) is 0 Å². The van der Waals surface area contributed by atoms with E-state index in [-0.39, 0.29) is 11.4 Å². The number of hydrogen-bond acceptors (Lipinski definition) is 4. The van der Waals surface area contributed by atoms with Gasteiger partial charge in [0, 0.05) is 5.56 Å². The summed E-state index contributed by atoms with van der Waals surface area (Å²) in [6.07, 6.45) is 1.58. The Bertz CT molecular complexity index is 998. The Labute approximate surface area is 164 Å². The summed E-state index contributed by atoms with van der Waals surface area (Å²) in [6.45, 7) is 0.482. The summed E-state index contributed by atoms with van der Waals surface area (Å²) >= 11 is 0. The number of nitrogens with zero attached hydrogens (tertiary/aromatic N) is 1. The zero-order valence-corrected chi connectivity index (χ0v) is 15.5. The highest BCUT2D eigenvalue weighted by Gasteiger charge is 2.12. The van der Waals surface area contributed by atoms with E-state index in [0.717, 1.165) is 16.9 Å². The summed E-state index contributed by atoms with van der Waals surface area (Å²) in [5, 5.41) is 9.40. The Kier molecular flexibility index (Phi) is 6.22. The lowest BCUT2D eigenvalue weighted by Gasteiger charge is -2.06. The number of allylic oxidation sites excluding steroid dienone is 1. The van der Waals surface area contributed by atoms with E-state index in [2.05, 4.69) is 0 Å². The molecule has 28 heavy (non-hydrogen) atoms. The molecule has 0 saturated carbocycles. The van der Waals surface area contributed by atoms with Gasteiger partial charge in [0.2, 0.25) is 5.78 Å². The number of carbonyl (C=O) groups excluding carboxylic acids is 1. The summed E-state index contributed by atoms with van der Waals surface area (Å²) in [5.74, 6) is 1.06.